The molecule has 0 fully saturated rings. The number of carbonyl (C=O) groups is 1. The van der Waals surface area contributed by atoms with Crippen LogP contribution in [0.3, 0.4) is 0 Å². The Morgan fingerprint density at radius 3 is 2.43 bits per heavy atom. The lowest BCUT2D eigenvalue weighted by molar-refractivity contribution is -0.136. The standard InChI is InChI=1S/C13H21F3N4O/c1-4-7-10-11(17-18-20(10)6-3)12(21)19(5-2)9-8-13(14,15)16/h4-9H2,1-3H3. The predicted molar refractivity (Wildman–Crippen MR) is 71.9 cm³/mol. The first-order chi connectivity index (χ1) is 9.84. The molecule has 0 saturated heterocycles. The highest BCUT2D eigenvalue weighted by molar-refractivity contribution is 5.93. The Bertz CT molecular complexity index is 470. The average Bonchev–Trinajstić information content (AvgIpc) is 2.81. The SMILES string of the molecule is CCCc1c(C(=O)N(CC)CCC(F)(F)F)nnn1CC. The lowest BCUT2D eigenvalue weighted by Crippen LogP contribution is -2.34. The minimum Gasteiger partial charge on any atom is -0.337 e. The molecular formula is C13H21F3N4O. The molecule has 0 N–H and O–H groups in total. The van der Waals surface area contributed by atoms with Crippen LogP contribution < -0.4 is 0 Å². The van der Waals surface area contributed by atoms with Crippen molar-refractivity contribution in [2.45, 2.75) is 52.8 Å². The number of hydrogen-bond donors (Lipinski definition) is 0. The number of rotatable bonds is 7. The van der Waals surface area contributed by atoms with Gasteiger partial charge in [-0.15, -0.1) is 5.10 Å². The number of amides is 1. The largest absolute Gasteiger partial charge is 0.390 e. The monoisotopic (exact) mass is 306 g/mol. The molecule has 0 aromatic carbocycles. The summed E-state index contributed by atoms with van der Waals surface area (Å²) in [6, 6.07) is 0. The van der Waals surface area contributed by atoms with Crippen LogP contribution in [0.25, 0.3) is 0 Å². The molecule has 0 spiro atoms. The van der Waals surface area contributed by atoms with Crippen molar-refractivity contribution in [3.05, 3.63) is 11.4 Å². The summed E-state index contributed by atoms with van der Waals surface area (Å²) in [4.78, 5) is 13.5. The fourth-order valence-corrected chi connectivity index (χ4v) is 2.05. The molecule has 1 aromatic heterocycles. The molecule has 0 atom stereocenters. The van der Waals surface area contributed by atoms with Crippen LogP contribution >= 0.6 is 0 Å². The molecule has 0 aliphatic carbocycles. The molecule has 0 radical (unpaired) electrons. The van der Waals surface area contributed by atoms with E-state index in [1.165, 1.54) is 0 Å². The molecule has 5 nitrogen and oxygen atoms in total. The smallest absolute Gasteiger partial charge is 0.337 e. The lowest BCUT2D eigenvalue weighted by atomic mass is 10.2. The Morgan fingerprint density at radius 2 is 1.95 bits per heavy atom. The topological polar surface area (TPSA) is 51.0 Å². The summed E-state index contributed by atoms with van der Waals surface area (Å²) in [6.07, 6.45) is -3.86. The Balaban J connectivity index is 2.92. The van der Waals surface area contributed by atoms with E-state index in [9.17, 15) is 18.0 Å². The lowest BCUT2D eigenvalue weighted by Gasteiger charge is -2.21. The minimum atomic E-state index is -4.28. The molecule has 1 amide bonds. The van der Waals surface area contributed by atoms with Crippen LogP contribution in [-0.2, 0) is 13.0 Å². The summed E-state index contributed by atoms with van der Waals surface area (Å²) < 4.78 is 38.5. The second-order valence-corrected chi connectivity index (χ2v) is 4.70. The van der Waals surface area contributed by atoms with E-state index in [0.717, 1.165) is 11.3 Å². The third kappa shape index (κ3) is 4.71. The van der Waals surface area contributed by atoms with Crippen LogP contribution in [-0.4, -0.2) is 45.1 Å². The van der Waals surface area contributed by atoms with Gasteiger partial charge in [-0.3, -0.25) is 4.79 Å². The van der Waals surface area contributed by atoms with E-state index in [2.05, 4.69) is 10.3 Å². The van der Waals surface area contributed by atoms with E-state index in [1.807, 2.05) is 13.8 Å². The summed E-state index contributed by atoms with van der Waals surface area (Å²) in [5.41, 5.74) is 0.859. The molecular weight excluding hydrogens is 285 g/mol. The Hall–Kier alpha value is -1.60. The van der Waals surface area contributed by atoms with E-state index >= 15 is 0 Å². The zero-order valence-corrected chi connectivity index (χ0v) is 12.6. The maximum absolute atomic E-state index is 12.4. The van der Waals surface area contributed by atoms with Gasteiger partial charge in [-0.1, -0.05) is 18.6 Å². The molecule has 0 bridgehead atoms. The molecule has 21 heavy (non-hydrogen) atoms. The van der Waals surface area contributed by atoms with Gasteiger partial charge in [0.25, 0.3) is 5.91 Å². The first kappa shape index (κ1) is 17.5. The second-order valence-electron chi connectivity index (χ2n) is 4.70. The summed E-state index contributed by atoms with van der Waals surface area (Å²) in [5, 5.41) is 7.76. The molecule has 1 heterocycles. The highest BCUT2D eigenvalue weighted by atomic mass is 19.4. The van der Waals surface area contributed by atoms with Gasteiger partial charge < -0.3 is 4.90 Å². The van der Waals surface area contributed by atoms with Crippen molar-refractivity contribution in [3.63, 3.8) is 0 Å². The van der Waals surface area contributed by atoms with Gasteiger partial charge in [-0.2, -0.15) is 13.2 Å². The van der Waals surface area contributed by atoms with Crippen LogP contribution in [0.2, 0.25) is 0 Å². The number of nitrogens with zero attached hydrogens (tertiary/aromatic N) is 4. The van der Waals surface area contributed by atoms with Crippen molar-refractivity contribution in [3.8, 4) is 0 Å². The number of halogens is 3. The number of hydrogen-bond acceptors (Lipinski definition) is 3. The van der Waals surface area contributed by atoms with E-state index in [1.54, 1.807) is 11.6 Å². The van der Waals surface area contributed by atoms with Gasteiger partial charge in [0.2, 0.25) is 0 Å². The molecule has 1 aromatic rings. The second kappa shape index (κ2) is 7.42. The fraction of sp³-hybridized carbons (Fsp3) is 0.769. The molecule has 120 valence electrons. The zero-order valence-electron chi connectivity index (χ0n) is 12.6. The number of aromatic nitrogens is 3. The number of aryl methyl sites for hydroxylation is 1. The predicted octanol–water partition coefficient (Wildman–Crippen LogP) is 2.67. The van der Waals surface area contributed by atoms with Crippen molar-refractivity contribution >= 4 is 5.91 Å². The van der Waals surface area contributed by atoms with E-state index in [4.69, 9.17) is 0 Å². The van der Waals surface area contributed by atoms with Gasteiger partial charge in [0.15, 0.2) is 5.69 Å². The van der Waals surface area contributed by atoms with Crippen molar-refractivity contribution < 1.29 is 18.0 Å². The van der Waals surface area contributed by atoms with E-state index in [-0.39, 0.29) is 18.8 Å². The fourth-order valence-electron chi connectivity index (χ4n) is 2.05. The minimum absolute atomic E-state index is 0.169. The highest BCUT2D eigenvalue weighted by Crippen LogP contribution is 2.20. The summed E-state index contributed by atoms with van der Waals surface area (Å²) >= 11 is 0. The van der Waals surface area contributed by atoms with Gasteiger partial charge in [-0.05, 0) is 20.3 Å². The molecule has 0 aliphatic heterocycles. The van der Waals surface area contributed by atoms with Gasteiger partial charge >= 0.3 is 6.18 Å². The maximum Gasteiger partial charge on any atom is 0.390 e. The third-order valence-corrected chi connectivity index (χ3v) is 3.16. The number of alkyl halides is 3. The Labute approximate surface area is 122 Å². The quantitative estimate of drug-likeness (QED) is 0.778. The number of carbonyl (C=O) groups excluding carboxylic acids is 1. The van der Waals surface area contributed by atoms with Crippen LogP contribution in [0.15, 0.2) is 0 Å². The van der Waals surface area contributed by atoms with Gasteiger partial charge in [-0.25, -0.2) is 4.68 Å². The van der Waals surface area contributed by atoms with Crippen LogP contribution in [0.4, 0.5) is 13.2 Å². The van der Waals surface area contributed by atoms with E-state index < -0.39 is 18.5 Å². The van der Waals surface area contributed by atoms with Crippen LogP contribution in [0.5, 0.6) is 0 Å². The highest BCUT2D eigenvalue weighted by Gasteiger charge is 2.30. The summed E-state index contributed by atoms with van der Waals surface area (Å²) in [6.45, 7) is 5.91. The first-order valence-electron chi connectivity index (χ1n) is 7.12. The summed E-state index contributed by atoms with van der Waals surface area (Å²) in [7, 11) is 0. The Morgan fingerprint density at radius 1 is 1.29 bits per heavy atom. The first-order valence-corrected chi connectivity index (χ1v) is 7.12. The van der Waals surface area contributed by atoms with Crippen LogP contribution in [0, 0.1) is 0 Å². The van der Waals surface area contributed by atoms with Gasteiger partial charge in [0, 0.05) is 19.6 Å². The Kier molecular flexibility index (Phi) is 6.17. The zero-order chi connectivity index (χ0) is 16.0. The molecule has 0 saturated carbocycles. The van der Waals surface area contributed by atoms with Crippen molar-refractivity contribution in [1.29, 1.82) is 0 Å². The molecule has 0 unspecified atom stereocenters. The average molecular weight is 306 g/mol. The molecule has 8 heteroatoms. The van der Waals surface area contributed by atoms with Crippen molar-refractivity contribution in [2.24, 2.45) is 0 Å². The van der Waals surface area contributed by atoms with Crippen LogP contribution in [0.1, 0.15) is 49.8 Å². The molecule has 1 rings (SSSR count). The van der Waals surface area contributed by atoms with Gasteiger partial charge in [0.1, 0.15) is 0 Å². The molecule has 0 aliphatic rings. The van der Waals surface area contributed by atoms with E-state index in [0.29, 0.717) is 18.7 Å². The van der Waals surface area contributed by atoms with Crippen molar-refractivity contribution in [1.82, 2.24) is 19.9 Å². The summed E-state index contributed by atoms with van der Waals surface area (Å²) in [5.74, 6) is -0.482. The maximum atomic E-state index is 12.4. The van der Waals surface area contributed by atoms with Crippen molar-refractivity contribution in [2.75, 3.05) is 13.1 Å². The normalized spacial score (nSPS) is 11.7. The third-order valence-electron chi connectivity index (χ3n) is 3.16. The van der Waals surface area contributed by atoms with Gasteiger partial charge in [0.05, 0.1) is 12.1 Å².